The van der Waals surface area contributed by atoms with Crippen molar-refractivity contribution in [3.63, 3.8) is 0 Å². The molecule has 1 fully saturated rings. The lowest BCUT2D eigenvalue weighted by atomic mass is 9.71. The molecule has 9 nitrogen and oxygen atoms in total. The molecule has 2 aromatic heterocycles. The minimum atomic E-state index is -3.01. The van der Waals surface area contributed by atoms with Gasteiger partial charge in [-0.25, -0.2) is 13.2 Å². The Kier molecular flexibility index (Phi) is 5.49. The predicted octanol–water partition coefficient (Wildman–Crippen LogP) is 3.18. The highest BCUT2D eigenvalue weighted by atomic mass is 19.3. The second kappa shape index (κ2) is 8.32. The average molecular weight is 500 g/mol. The number of rotatable bonds is 6. The number of aromatic nitrogens is 4. The van der Waals surface area contributed by atoms with Gasteiger partial charge in [-0.1, -0.05) is 11.3 Å². The van der Waals surface area contributed by atoms with Crippen molar-refractivity contribution in [1.29, 1.82) is 0 Å². The molecule has 12 heteroatoms. The molecular weight excluding hydrogens is 477 g/mol. The molecule has 3 N–H and O–H groups in total. The Morgan fingerprint density at radius 2 is 1.92 bits per heavy atom. The topological polar surface area (TPSA) is 122 Å². The number of aryl methyl sites for hydroxylation is 1. The fourth-order valence-electron chi connectivity index (χ4n) is 5.16. The second-order valence-corrected chi connectivity index (χ2v) is 9.40. The van der Waals surface area contributed by atoms with Crippen LogP contribution in [0.5, 0.6) is 0 Å². The number of hydrogen-bond donors (Lipinski definition) is 3. The standard InChI is InChI=1S/C24H23F3N6O3/c1-12-5-6-14(8-15(12)25)29-21(35)19-13(2)18(16-4-3-7-33(16)19)20(34)22(36)30-23(10-24(26,27)11-23)17-9-28-32-31-17/h5-6,8-9H,3-4,7,10-11H2,1-2H3,(H,29,35)(H,30,36)(H,28,31,32). The average Bonchev–Trinajstić information content (AvgIpc) is 3.52. The summed E-state index contributed by atoms with van der Waals surface area (Å²) in [6, 6.07) is 4.30. The van der Waals surface area contributed by atoms with E-state index in [1.165, 1.54) is 18.3 Å². The molecule has 0 saturated heterocycles. The Bertz CT molecular complexity index is 1390. The van der Waals surface area contributed by atoms with Crippen molar-refractivity contribution in [1.82, 2.24) is 25.3 Å². The summed E-state index contributed by atoms with van der Waals surface area (Å²) >= 11 is 0. The van der Waals surface area contributed by atoms with Gasteiger partial charge in [-0.05, 0) is 49.9 Å². The van der Waals surface area contributed by atoms with E-state index in [4.69, 9.17) is 0 Å². The van der Waals surface area contributed by atoms with Gasteiger partial charge < -0.3 is 15.2 Å². The molecule has 188 valence electrons. The lowest BCUT2D eigenvalue weighted by Gasteiger charge is -2.46. The van der Waals surface area contributed by atoms with Gasteiger partial charge in [0, 0.05) is 37.0 Å². The normalized spacial score (nSPS) is 17.2. The van der Waals surface area contributed by atoms with Gasteiger partial charge in [0.1, 0.15) is 17.2 Å². The third-order valence-electron chi connectivity index (χ3n) is 6.87. The highest BCUT2D eigenvalue weighted by Gasteiger charge is 2.60. The summed E-state index contributed by atoms with van der Waals surface area (Å²) in [5, 5.41) is 14.8. The summed E-state index contributed by atoms with van der Waals surface area (Å²) in [7, 11) is 0. The number of carbonyl (C=O) groups is 3. The lowest BCUT2D eigenvalue weighted by molar-refractivity contribution is -0.148. The fraction of sp³-hybridized carbons (Fsp3) is 0.375. The molecule has 5 rings (SSSR count). The number of ketones is 1. The Hall–Kier alpha value is -3.96. The molecule has 0 atom stereocenters. The maximum absolute atomic E-state index is 13.9. The van der Waals surface area contributed by atoms with Crippen LogP contribution in [0.25, 0.3) is 0 Å². The zero-order valence-corrected chi connectivity index (χ0v) is 19.5. The van der Waals surface area contributed by atoms with Crippen molar-refractivity contribution in [3.05, 3.63) is 64.0 Å². The first-order chi connectivity index (χ1) is 17.0. The van der Waals surface area contributed by atoms with Crippen LogP contribution in [-0.2, 0) is 23.3 Å². The highest BCUT2D eigenvalue weighted by Crippen LogP contribution is 2.51. The fourth-order valence-corrected chi connectivity index (χ4v) is 5.16. The number of halogens is 3. The quantitative estimate of drug-likeness (QED) is 0.355. The molecule has 1 saturated carbocycles. The maximum Gasteiger partial charge on any atom is 0.293 e. The summed E-state index contributed by atoms with van der Waals surface area (Å²) in [5.41, 5.74) is 0.370. The Balaban J connectivity index is 1.43. The first kappa shape index (κ1) is 23.8. The van der Waals surface area contributed by atoms with E-state index in [0.29, 0.717) is 36.2 Å². The molecule has 0 radical (unpaired) electrons. The van der Waals surface area contributed by atoms with E-state index in [2.05, 4.69) is 26.0 Å². The third-order valence-corrected chi connectivity index (χ3v) is 6.87. The van der Waals surface area contributed by atoms with Crippen LogP contribution < -0.4 is 10.6 Å². The lowest BCUT2D eigenvalue weighted by Crippen LogP contribution is -2.61. The van der Waals surface area contributed by atoms with Gasteiger partial charge in [0.05, 0.1) is 11.1 Å². The van der Waals surface area contributed by atoms with Crippen molar-refractivity contribution < 1.29 is 27.6 Å². The van der Waals surface area contributed by atoms with Crippen LogP contribution in [0.4, 0.5) is 18.9 Å². The van der Waals surface area contributed by atoms with E-state index < -0.39 is 47.7 Å². The van der Waals surface area contributed by atoms with Crippen LogP contribution in [-0.4, -0.2) is 43.5 Å². The zero-order chi connectivity index (χ0) is 25.8. The SMILES string of the molecule is Cc1ccc(NC(=O)c2c(C)c(C(=O)C(=O)NC3(c4c[nH]nn4)CC(F)(F)C3)c3n2CCC3)cc1F. The summed E-state index contributed by atoms with van der Waals surface area (Å²) in [6.45, 7) is 3.62. The van der Waals surface area contributed by atoms with Crippen molar-refractivity contribution in [2.45, 2.75) is 57.5 Å². The molecule has 1 aliphatic carbocycles. The Morgan fingerprint density at radius 3 is 2.56 bits per heavy atom. The Morgan fingerprint density at radius 1 is 1.17 bits per heavy atom. The first-order valence-electron chi connectivity index (χ1n) is 11.4. The third kappa shape index (κ3) is 3.86. The number of H-pyrrole nitrogens is 1. The number of nitrogens with one attached hydrogen (secondary N) is 3. The van der Waals surface area contributed by atoms with Crippen molar-refractivity contribution in [3.8, 4) is 0 Å². The molecule has 0 unspecified atom stereocenters. The van der Waals surface area contributed by atoms with Gasteiger partial charge in [0.25, 0.3) is 23.5 Å². The number of hydrogen-bond acceptors (Lipinski definition) is 5. The molecule has 0 spiro atoms. The molecule has 1 aliphatic heterocycles. The summed E-state index contributed by atoms with van der Waals surface area (Å²) in [5.74, 6) is -6.01. The molecule has 0 bridgehead atoms. The van der Waals surface area contributed by atoms with Gasteiger partial charge >= 0.3 is 0 Å². The monoisotopic (exact) mass is 500 g/mol. The van der Waals surface area contributed by atoms with Crippen molar-refractivity contribution in [2.24, 2.45) is 0 Å². The van der Waals surface area contributed by atoms with E-state index in [1.54, 1.807) is 24.5 Å². The number of nitrogens with zero attached hydrogens (tertiary/aromatic N) is 3. The van der Waals surface area contributed by atoms with E-state index in [9.17, 15) is 27.6 Å². The van der Waals surface area contributed by atoms with Crippen LogP contribution in [0, 0.1) is 19.7 Å². The Labute approximate surface area is 203 Å². The van der Waals surface area contributed by atoms with Gasteiger partial charge in [-0.2, -0.15) is 0 Å². The van der Waals surface area contributed by atoms with Crippen LogP contribution in [0.15, 0.2) is 24.4 Å². The van der Waals surface area contributed by atoms with Gasteiger partial charge in [-0.3, -0.25) is 19.5 Å². The van der Waals surface area contributed by atoms with Crippen LogP contribution in [0.2, 0.25) is 0 Å². The predicted molar refractivity (Wildman–Crippen MR) is 121 cm³/mol. The van der Waals surface area contributed by atoms with Crippen LogP contribution in [0.1, 0.15) is 62.6 Å². The number of fused-ring (bicyclic) bond motifs is 1. The van der Waals surface area contributed by atoms with E-state index in [-0.39, 0.29) is 22.6 Å². The molecule has 36 heavy (non-hydrogen) atoms. The van der Waals surface area contributed by atoms with Crippen molar-refractivity contribution in [2.75, 3.05) is 5.32 Å². The van der Waals surface area contributed by atoms with E-state index in [0.717, 1.165) is 0 Å². The molecular formula is C24H23F3N6O3. The number of amides is 2. The largest absolute Gasteiger partial charge is 0.340 e. The van der Waals surface area contributed by atoms with Gasteiger partial charge in [-0.15, -0.1) is 5.10 Å². The summed E-state index contributed by atoms with van der Waals surface area (Å²) in [4.78, 5) is 39.5. The zero-order valence-electron chi connectivity index (χ0n) is 19.5. The molecule has 2 aliphatic rings. The molecule has 3 heterocycles. The first-order valence-corrected chi connectivity index (χ1v) is 11.4. The van der Waals surface area contributed by atoms with E-state index >= 15 is 0 Å². The van der Waals surface area contributed by atoms with E-state index in [1.807, 2.05) is 0 Å². The number of anilines is 1. The molecule has 2 amide bonds. The number of aromatic amines is 1. The number of Topliss-reactive ketones (excluding diaryl/α,β-unsaturated/α-hetero) is 1. The minimum Gasteiger partial charge on any atom is -0.340 e. The van der Waals surface area contributed by atoms with Gasteiger partial charge in [0.15, 0.2) is 0 Å². The number of benzene rings is 1. The smallest absolute Gasteiger partial charge is 0.293 e. The second-order valence-electron chi connectivity index (χ2n) is 9.40. The number of alkyl halides is 2. The maximum atomic E-state index is 13.9. The molecule has 3 aromatic rings. The highest BCUT2D eigenvalue weighted by molar-refractivity contribution is 6.44. The summed E-state index contributed by atoms with van der Waals surface area (Å²) < 4.78 is 43.2. The van der Waals surface area contributed by atoms with Crippen LogP contribution >= 0.6 is 0 Å². The minimum absolute atomic E-state index is 0.0756. The molecule has 1 aromatic carbocycles. The summed E-state index contributed by atoms with van der Waals surface area (Å²) in [6.07, 6.45) is 1.01. The van der Waals surface area contributed by atoms with Crippen LogP contribution in [0.3, 0.4) is 0 Å². The van der Waals surface area contributed by atoms with Crippen molar-refractivity contribution >= 4 is 23.3 Å². The van der Waals surface area contributed by atoms with Gasteiger partial charge in [0.2, 0.25) is 0 Å². The number of carbonyl (C=O) groups excluding carboxylic acids is 3.